The molecule has 2 aliphatic rings. The molecule has 5 rings (SSSR count). The van der Waals surface area contributed by atoms with Gasteiger partial charge in [-0.25, -0.2) is 0 Å². The normalized spacial score (nSPS) is 18.9. The van der Waals surface area contributed by atoms with E-state index >= 15 is 0 Å². The largest absolute Gasteiger partial charge is 0.379 e. The van der Waals surface area contributed by atoms with E-state index in [0.717, 1.165) is 37.9 Å². The van der Waals surface area contributed by atoms with Crippen LogP contribution >= 0.6 is 23.2 Å². The summed E-state index contributed by atoms with van der Waals surface area (Å²) in [5, 5.41) is 1.66. The van der Waals surface area contributed by atoms with Gasteiger partial charge in [0.15, 0.2) is 0 Å². The minimum absolute atomic E-state index is 0.0266. The van der Waals surface area contributed by atoms with Gasteiger partial charge in [-0.3, -0.25) is 0 Å². The minimum atomic E-state index is -0.0266. The van der Waals surface area contributed by atoms with Crippen LogP contribution in [0, 0.1) is 0 Å². The van der Waals surface area contributed by atoms with Gasteiger partial charge in [-0.2, -0.15) is 0 Å². The van der Waals surface area contributed by atoms with Crippen LogP contribution in [-0.4, -0.2) is 13.2 Å². The zero-order valence-electron chi connectivity index (χ0n) is 16.8. The zero-order valence-corrected chi connectivity index (χ0v) is 18.3. The fourth-order valence-corrected chi connectivity index (χ4v) is 5.27. The standard InChI is InChI=1S/C26H24Cl2O/c1-25(12-13-25)20-10-8-18(14-22(20)27)19-9-11-21(26(2)15-29-16-26)24(28)23(19)17-6-4-3-5-7-17/h3-11,14H,12-13,15-16H2,1-2H3. The van der Waals surface area contributed by atoms with E-state index in [-0.39, 0.29) is 10.8 Å². The van der Waals surface area contributed by atoms with E-state index in [0.29, 0.717) is 13.2 Å². The van der Waals surface area contributed by atoms with Gasteiger partial charge in [-0.05, 0) is 52.1 Å². The van der Waals surface area contributed by atoms with E-state index in [4.69, 9.17) is 27.9 Å². The Kier molecular flexibility index (Phi) is 4.55. The second kappa shape index (κ2) is 6.87. The molecule has 0 amide bonds. The number of hydrogen-bond donors (Lipinski definition) is 0. The minimum Gasteiger partial charge on any atom is -0.379 e. The lowest BCUT2D eigenvalue weighted by molar-refractivity contribution is -0.0499. The average Bonchev–Trinajstić information content (AvgIpc) is 3.44. The fraction of sp³-hybridized carbons (Fsp3) is 0.308. The Morgan fingerprint density at radius 1 is 0.759 bits per heavy atom. The van der Waals surface area contributed by atoms with E-state index in [1.165, 1.54) is 18.4 Å². The Morgan fingerprint density at radius 2 is 1.45 bits per heavy atom. The van der Waals surface area contributed by atoms with E-state index in [1.807, 2.05) is 6.07 Å². The molecule has 1 saturated carbocycles. The lowest BCUT2D eigenvalue weighted by Crippen LogP contribution is -2.44. The third kappa shape index (κ3) is 3.20. The molecule has 2 fully saturated rings. The number of halogens is 2. The summed E-state index contributed by atoms with van der Waals surface area (Å²) in [5.74, 6) is 0. The highest BCUT2D eigenvalue weighted by Gasteiger charge is 2.41. The smallest absolute Gasteiger partial charge is 0.0583 e. The van der Waals surface area contributed by atoms with E-state index in [9.17, 15) is 0 Å². The van der Waals surface area contributed by atoms with E-state index in [2.05, 4.69) is 68.4 Å². The lowest BCUT2D eigenvalue weighted by atomic mass is 9.78. The van der Waals surface area contributed by atoms with Crippen molar-refractivity contribution in [1.29, 1.82) is 0 Å². The molecule has 0 aromatic heterocycles. The van der Waals surface area contributed by atoms with Crippen molar-refractivity contribution < 1.29 is 4.74 Å². The summed E-state index contributed by atoms with van der Waals surface area (Å²) in [6.07, 6.45) is 2.42. The molecular formula is C26H24Cl2O. The number of hydrogen-bond acceptors (Lipinski definition) is 1. The van der Waals surface area contributed by atoms with Crippen LogP contribution in [-0.2, 0) is 15.6 Å². The summed E-state index contributed by atoms with van der Waals surface area (Å²) in [4.78, 5) is 0. The van der Waals surface area contributed by atoms with Crippen LogP contribution in [0.1, 0.15) is 37.8 Å². The highest BCUT2D eigenvalue weighted by Crippen LogP contribution is 2.51. The van der Waals surface area contributed by atoms with E-state index in [1.54, 1.807) is 0 Å². The first-order valence-electron chi connectivity index (χ1n) is 10.2. The van der Waals surface area contributed by atoms with Crippen LogP contribution in [0.4, 0.5) is 0 Å². The first kappa shape index (κ1) is 19.2. The Hall–Kier alpha value is -1.80. The van der Waals surface area contributed by atoms with Crippen LogP contribution in [0.5, 0.6) is 0 Å². The molecule has 1 saturated heterocycles. The molecule has 3 heteroatoms. The Morgan fingerprint density at radius 3 is 2.03 bits per heavy atom. The van der Waals surface area contributed by atoms with Crippen molar-refractivity contribution in [3.8, 4) is 22.3 Å². The monoisotopic (exact) mass is 422 g/mol. The quantitative estimate of drug-likeness (QED) is 0.418. The zero-order chi connectivity index (χ0) is 20.2. The molecule has 1 heterocycles. The second-order valence-electron chi connectivity index (χ2n) is 9.02. The number of rotatable bonds is 4. The van der Waals surface area contributed by atoms with Crippen LogP contribution in [0.2, 0.25) is 10.0 Å². The van der Waals surface area contributed by atoms with Crippen molar-refractivity contribution in [3.05, 3.63) is 81.8 Å². The molecule has 3 aromatic carbocycles. The van der Waals surface area contributed by atoms with Gasteiger partial charge in [0.2, 0.25) is 0 Å². The Balaban J connectivity index is 1.69. The van der Waals surface area contributed by atoms with Gasteiger partial charge in [0.25, 0.3) is 0 Å². The molecule has 0 radical (unpaired) electrons. The van der Waals surface area contributed by atoms with Gasteiger partial charge in [-0.1, -0.05) is 91.6 Å². The summed E-state index contributed by atoms with van der Waals surface area (Å²) >= 11 is 13.8. The molecule has 0 atom stereocenters. The molecule has 1 aliphatic heterocycles. The molecule has 0 N–H and O–H groups in total. The maximum Gasteiger partial charge on any atom is 0.0583 e. The Labute approximate surface area is 182 Å². The molecule has 0 bridgehead atoms. The van der Waals surface area contributed by atoms with Crippen molar-refractivity contribution in [2.24, 2.45) is 0 Å². The van der Waals surface area contributed by atoms with Crippen LogP contribution in [0.3, 0.4) is 0 Å². The summed E-state index contributed by atoms with van der Waals surface area (Å²) in [6, 6.07) is 21.2. The van der Waals surface area contributed by atoms with Gasteiger partial charge in [0.1, 0.15) is 0 Å². The summed E-state index contributed by atoms with van der Waals surface area (Å²) < 4.78 is 5.50. The first-order chi connectivity index (χ1) is 13.9. The van der Waals surface area contributed by atoms with Crippen molar-refractivity contribution in [2.45, 2.75) is 37.5 Å². The molecule has 0 spiro atoms. The van der Waals surface area contributed by atoms with Gasteiger partial charge < -0.3 is 4.74 Å². The molecular weight excluding hydrogens is 399 g/mol. The summed E-state index contributed by atoms with van der Waals surface area (Å²) in [6.45, 7) is 5.92. The predicted octanol–water partition coefficient (Wildman–Crippen LogP) is 7.67. The molecule has 148 valence electrons. The molecule has 0 unspecified atom stereocenters. The fourth-order valence-electron chi connectivity index (χ4n) is 4.36. The number of ether oxygens (including phenoxy) is 1. The lowest BCUT2D eigenvalue weighted by Gasteiger charge is -2.39. The van der Waals surface area contributed by atoms with Gasteiger partial charge in [0, 0.05) is 16.0 Å². The van der Waals surface area contributed by atoms with Crippen molar-refractivity contribution >= 4 is 23.2 Å². The molecule has 1 aliphatic carbocycles. The van der Waals surface area contributed by atoms with Crippen molar-refractivity contribution in [1.82, 2.24) is 0 Å². The molecule has 29 heavy (non-hydrogen) atoms. The van der Waals surface area contributed by atoms with Crippen molar-refractivity contribution in [2.75, 3.05) is 13.2 Å². The van der Waals surface area contributed by atoms with Crippen LogP contribution in [0.15, 0.2) is 60.7 Å². The Bertz CT molecular complexity index is 1080. The highest BCUT2D eigenvalue weighted by atomic mass is 35.5. The SMILES string of the molecule is CC1(c2ccc(-c3ccc(C4(C)COC4)c(Cl)c3-c3ccccc3)cc2Cl)CC1. The summed E-state index contributed by atoms with van der Waals surface area (Å²) in [5.41, 5.74) is 7.03. The maximum absolute atomic E-state index is 7.06. The van der Waals surface area contributed by atoms with E-state index < -0.39 is 0 Å². The first-order valence-corrected chi connectivity index (χ1v) is 10.9. The predicted molar refractivity (Wildman–Crippen MR) is 122 cm³/mol. The van der Waals surface area contributed by atoms with Crippen LogP contribution in [0.25, 0.3) is 22.3 Å². The third-order valence-corrected chi connectivity index (χ3v) is 7.33. The maximum atomic E-state index is 7.06. The van der Waals surface area contributed by atoms with Crippen LogP contribution < -0.4 is 0 Å². The van der Waals surface area contributed by atoms with Crippen molar-refractivity contribution in [3.63, 3.8) is 0 Å². The number of benzene rings is 3. The summed E-state index contributed by atoms with van der Waals surface area (Å²) in [7, 11) is 0. The third-order valence-electron chi connectivity index (χ3n) is 6.63. The topological polar surface area (TPSA) is 9.23 Å². The second-order valence-corrected chi connectivity index (χ2v) is 9.81. The highest BCUT2D eigenvalue weighted by molar-refractivity contribution is 6.35. The van der Waals surface area contributed by atoms with Gasteiger partial charge in [0.05, 0.1) is 18.2 Å². The molecule has 3 aromatic rings. The molecule has 1 nitrogen and oxygen atoms in total. The van der Waals surface area contributed by atoms with Gasteiger partial charge >= 0.3 is 0 Å². The van der Waals surface area contributed by atoms with Gasteiger partial charge in [-0.15, -0.1) is 0 Å². The average molecular weight is 423 g/mol.